The highest BCUT2D eigenvalue weighted by molar-refractivity contribution is 6.03. The first kappa shape index (κ1) is 16.8. The van der Waals surface area contributed by atoms with Crippen LogP contribution in [0.2, 0.25) is 0 Å². The molecule has 0 radical (unpaired) electrons. The molecule has 2 aliphatic rings. The summed E-state index contributed by atoms with van der Waals surface area (Å²) >= 11 is 0. The lowest BCUT2D eigenvalue weighted by Gasteiger charge is -2.20. The van der Waals surface area contributed by atoms with Gasteiger partial charge in [0.25, 0.3) is 5.91 Å². The van der Waals surface area contributed by atoms with Crippen LogP contribution < -0.4 is 10.6 Å². The number of benzene rings is 1. The second-order valence-corrected chi connectivity index (χ2v) is 7.43. The molecule has 2 amide bonds. The fourth-order valence-corrected chi connectivity index (χ4v) is 4.41. The summed E-state index contributed by atoms with van der Waals surface area (Å²) in [5.74, 6) is 2.02. The van der Waals surface area contributed by atoms with E-state index in [0.717, 1.165) is 17.5 Å². The standard InChI is InChI=1S/C21H23N3O2/c25-20(13-16-12-14-4-5-15(16)11-14)23-17-6-8-18(9-7-17)24-21(26)19-3-1-2-10-22-19/h1-3,6-10,14-16H,4-5,11-13H2,(H,23,25)(H,24,26)/t14-,15-,16+/m1/s1. The number of rotatable bonds is 5. The van der Waals surface area contributed by atoms with E-state index in [1.165, 1.54) is 25.7 Å². The third-order valence-corrected chi connectivity index (χ3v) is 5.66. The maximum Gasteiger partial charge on any atom is 0.274 e. The first-order valence-electron chi connectivity index (χ1n) is 9.29. The summed E-state index contributed by atoms with van der Waals surface area (Å²) in [5.41, 5.74) is 1.80. The molecule has 5 heteroatoms. The average molecular weight is 349 g/mol. The number of carbonyl (C=O) groups is 2. The Hall–Kier alpha value is -2.69. The van der Waals surface area contributed by atoms with E-state index in [0.29, 0.717) is 23.7 Å². The van der Waals surface area contributed by atoms with Gasteiger partial charge in [0.1, 0.15) is 5.69 Å². The Morgan fingerprint density at radius 2 is 1.73 bits per heavy atom. The van der Waals surface area contributed by atoms with Crippen LogP contribution in [0, 0.1) is 17.8 Å². The van der Waals surface area contributed by atoms with Gasteiger partial charge in [-0.15, -0.1) is 0 Å². The Bertz CT molecular complexity index is 789. The number of nitrogens with zero attached hydrogens (tertiary/aromatic N) is 1. The van der Waals surface area contributed by atoms with Crippen molar-refractivity contribution in [1.82, 2.24) is 4.98 Å². The largest absolute Gasteiger partial charge is 0.326 e. The first-order chi connectivity index (χ1) is 12.7. The molecule has 2 aliphatic carbocycles. The molecule has 2 fully saturated rings. The SMILES string of the molecule is O=C(C[C@@H]1C[C@@H]2CC[C@@H]1C2)Nc1ccc(NC(=O)c2ccccn2)cc1. The van der Waals surface area contributed by atoms with Crippen molar-refractivity contribution in [3.05, 3.63) is 54.4 Å². The number of aromatic nitrogens is 1. The Labute approximate surface area is 153 Å². The molecular weight excluding hydrogens is 326 g/mol. The Kier molecular flexibility index (Phi) is 4.69. The number of nitrogens with one attached hydrogen (secondary N) is 2. The van der Waals surface area contributed by atoms with E-state index in [4.69, 9.17) is 0 Å². The van der Waals surface area contributed by atoms with Gasteiger partial charge in [0.2, 0.25) is 5.91 Å². The lowest BCUT2D eigenvalue weighted by molar-refractivity contribution is -0.117. The van der Waals surface area contributed by atoms with Crippen LogP contribution in [0.1, 0.15) is 42.6 Å². The van der Waals surface area contributed by atoms with Crippen molar-refractivity contribution in [2.24, 2.45) is 17.8 Å². The summed E-state index contributed by atoms with van der Waals surface area (Å²) in [5, 5.41) is 5.78. The molecule has 2 bridgehead atoms. The molecule has 134 valence electrons. The molecule has 0 aliphatic heterocycles. The number of fused-ring (bicyclic) bond motifs is 2. The van der Waals surface area contributed by atoms with E-state index in [-0.39, 0.29) is 11.8 Å². The minimum absolute atomic E-state index is 0.0906. The minimum Gasteiger partial charge on any atom is -0.326 e. The van der Waals surface area contributed by atoms with Gasteiger partial charge < -0.3 is 10.6 Å². The number of hydrogen-bond donors (Lipinski definition) is 2. The maximum absolute atomic E-state index is 12.3. The van der Waals surface area contributed by atoms with Crippen molar-refractivity contribution in [2.45, 2.75) is 32.1 Å². The third kappa shape index (κ3) is 3.77. The van der Waals surface area contributed by atoms with Crippen LogP contribution >= 0.6 is 0 Å². The number of amides is 2. The fourth-order valence-electron chi connectivity index (χ4n) is 4.41. The van der Waals surface area contributed by atoms with Gasteiger partial charge in [-0.05, 0) is 73.4 Å². The van der Waals surface area contributed by atoms with Crippen LogP contribution in [-0.4, -0.2) is 16.8 Å². The molecule has 0 spiro atoms. The quantitative estimate of drug-likeness (QED) is 0.854. The molecule has 5 nitrogen and oxygen atoms in total. The number of pyridine rings is 1. The lowest BCUT2D eigenvalue weighted by atomic mass is 9.86. The van der Waals surface area contributed by atoms with Crippen LogP contribution in [0.3, 0.4) is 0 Å². The summed E-state index contributed by atoms with van der Waals surface area (Å²) in [4.78, 5) is 28.4. The maximum atomic E-state index is 12.3. The Balaban J connectivity index is 1.30. The monoisotopic (exact) mass is 349 g/mol. The van der Waals surface area contributed by atoms with E-state index in [1.54, 1.807) is 36.5 Å². The van der Waals surface area contributed by atoms with E-state index in [2.05, 4.69) is 15.6 Å². The second kappa shape index (κ2) is 7.28. The molecule has 3 atom stereocenters. The van der Waals surface area contributed by atoms with Gasteiger partial charge in [-0.1, -0.05) is 12.5 Å². The van der Waals surface area contributed by atoms with Gasteiger partial charge in [0.15, 0.2) is 0 Å². The first-order valence-corrected chi connectivity index (χ1v) is 9.29. The topological polar surface area (TPSA) is 71.1 Å². The highest BCUT2D eigenvalue weighted by Crippen LogP contribution is 2.49. The van der Waals surface area contributed by atoms with E-state index in [1.807, 2.05) is 12.1 Å². The molecule has 2 aromatic rings. The van der Waals surface area contributed by atoms with Crippen molar-refractivity contribution < 1.29 is 9.59 Å². The lowest BCUT2D eigenvalue weighted by Crippen LogP contribution is -2.20. The normalized spacial score (nSPS) is 23.6. The van der Waals surface area contributed by atoms with Crippen LogP contribution in [-0.2, 0) is 4.79 Å². The smallest absolute Gasteiger partial charge is 0.274 e. The third-order valence-electron chi connectivity index (χ3n) is 5.66. The number of carbonyl (C=O) groups excluding carboxylic acids is 2. The number of hydrogen-bond acceptors (Lipinski definition) is 3. The average Bonchev–Trinajstić information content (AvgIpc) is 3.27. The van der Waals surface area contributed by atoms with Crippen LogP contribution in [0.25, 0.3) is 0 Å². The van der Waals surface area contributed by atoms with E-state index < -0.39 is 0 Å². The van der Waals surface area contributed by atoms with Gasteiger partial charge in [-0.3, -0.25) is 14.6 Å². The van der Waals surface area contributed by atoms with Crippen LogP contribution in [0.5, 0.6) is 0 Å². The molecule has 26 heavy (non-hydrogen) atoms. The zero-order valence-corrected chi connectivity index (χ0v) is 14.7. The molecular formula is C21H23N3O2. The Morgan fingerprint density at radius 3 is 2.35 bits per heavy atom. The minimum atomic E-state index is -0.251. The second-order valence-electron chi connectivity index (χ2n) is 7.43. The molecule has 1 heterocycles. The van der Waals surface area contributed by atoms with Gasteiger partial charge in [0, 0.05) is 24.0 Å². The van der Waals surface area contributed by atoms with Crippen molar-refractivity contribution >= 4 is 23.2 Å². The van der Waals surface area contributed by atoms with Gasteiger partial charge >= 0.3 is 0 Å². The summed E-state index contributed by atoms with van der Waals surface area (Å²) in [6.07, 6.45) is 7.41. The van der Waals surface area contributed by atoms with Crippen LogP contribution in [0.15, 0.2) is 48.7 Å². The molecule has 1 aromatic carbocycles. The summed E-state index contributed by atoms with van der Waals surface area (Å²) in [6, 6.07) is 12.4. The molecule has 0 unspecified atom stereocenters. The van der Waals surface area contributed by atoms with Crippen molar-refractivity contribution in [2.75, 3.05) is 10.6 Å². The van der Waals surface area contributed by atoms with Gasteiger partial charge in [-0.25, -0.2) is 0 Å². The molecule has 4 rings (SSSR count). The van der Waals surface area contributed by atoms with E-state index >= 15 is 0 Å². The predicted molar refractivity (Wildman–Crippen MR) is 101 cm³/mol. The highest BCUT2D eigenvalue weighted by atomic mass is 16.2. The fraction of sp³-hybridized carbons (Fsp3) is 0.381. The zero-order valence-electron chi connectivity index (χ0n) is 14.7. The van der Waals surface area contributed by atoms with Crippen molar-refractivity contribution in [3.63, 3.8) is 0 Å². The summed E-state index contributed by atoms with van der Waals surface area (Å²) < 4.78 is 0. The summed E-state index contributed by atoms with van der Waals surface area (Å²) in [6.45, 7) is 0. The van der Waals surface area contributed by atoms with Gasteiger partial charge in [-0.2, -0.15) is 0 Å². The molecule has 0 saturated heterocycles. The van der Waals surface area contributed by atoms with Crippen molar-refractivity contribution in [1.29, 1.82) is 0 Å². The van der Waals surface area contributed by atoms with Gasteiger partial charge in [0.05, 0.1) is 0 Å². The Morgan fingerprint density at radius 1 is 0.962 bits per heavy atom. The molecule has 1 aromatic heterocycles. The predicted octanol–water partition coefficient (Wildman–Crippen LogP) is 4.10. The zero-order chi connectivity index (χ0) is 17.9. The highest BCUT2D eigenvalue weighted by Gasteiger charge is 2.40. The molecule has 2 saturated carbocycles. The van der Waals surface area contributed by atoms with E-state index in [9.17, 15) is 9.59 Å². The molecule has 2 N–H and O–H groups in total. The summed E-state index contributed by atoms with van der Waals surface area (Å²) in [7, 11) is 0. The van der Waals surface area contributed by atoms with Crippen LogP contribution in [0.4, 0.5) is 11.4 Å². The van der Waals surface area contributed by atoms with Crippen molar-refractivity contribution in [3.8, 4) is 0 Å². The number of anilines is 2.